The maximum absolute atomic E-state index is 5.63. The summed E-state index contributed by atoms with van der Waals surface area (Å²) in [6.45, 7) is 5.80. The molecule has 0 spiro atoms. The molecule has 0 aromatic carbocycles. The Labute approximate surface area is 64.0 Å². The zero-order chi connectivity index (χ0) is 8.04. The first-order chi connectivity index (χ1) is 4.74. The highest BCUT2D eigenvalue weighted by Gasteiger charge is 2.22. The largest absolute Gasteiger partial charge is 0.330 e. The predicted octanol–water partition coefficient (Wildman–Crippen LogP) is 1.10. The Balaban J connectivity index is 3.87. The summed E-state index contributed by atoms with van der Waals surface area (Å²) < 4.78 is 0. The van der Waals surface area contributed by atoms with Crippen LogP contribution in [0.25, 0.3) is 0 Å². The van der Waals surface area contributed by atoms with Crippen LogP contribution in [0.4, 0.5) is 0 Å². The van der Waals surface area contributed by atoms with Crippen LogP contribution >= 0.6 is 0 Å². The maximum Gasteiger partial charge on any atom is -0.000855 e. The van der Waals surface area contributed by atoms with Gasteiger partial charge in [-0.1, -0.05) is 20.3 Å². The fraction of sp³-hybridized carbons (Fsp3) is 1.00. The van der Waals surface area contributed by atoms with Crippen LogP contribution in [0.3, 0.4) is 0 Å². The summed E-state index contributed by atoms with van der Waals surface area (Å²) in [5.41, 5.74) is 11.5. The molecule has 62 valence electrons. The summed E-state index contributed by atoms with van der Waals surface area (Å²) in [6, 6.07) is 0. The van der Waals surface area contributed by atoms with Crippen LogP contribution < -0.4 is 11.5 Å². The Morgan fingerprint density at radius 3 is 1.70 bits per heavy atom. The van der Waals surface area contributed by atoms with Crippen molar-refractivity contribution in [3.63, 3.8) is 0 Å². The number of rotatable bonds is 5. The van der Waals surface area contributed by atoms with E-state index < -0.39 is 0 Å². The molecular formula is C8H20N2. The lowest BCUT2D eigenvalue weighted by atomic mass is 9.81. The average molecular weight is 144 g/mol. The molecule has 2 heteroatoms. The lowest BCUT2D eigenvalue weighted by Gasteiger charge is -2.29. The van der Waals surface area contributed by atoms with Crippen molar-refractivity contribution >= 4 is 0 Å². The minimum absolute atomic E-state index is 0.231. The van der Waals surface area contributed by atoms with E-state index in [1.54, 1.807) is 0 Å². The molecule has 0 aliphatic rings. The van der Waals surface area contributed by atoms with Gasteiger partial charge in [-0.2, -0.15) is 0 Å². The summed E-state index contributed by atoms with van der Waals surface area (Å²) in [6.07, 6.45) is 3.45. The summed E-state index contributed by atoms with van der Waals surface area (Å²) in [5, 5.41) is 0. The van der Waals surface area contributed by atoms with Gasteiger partial charge in [0.15, 0.2) is 0 Å². The van der Waals surface area contributed by atoms with Crippen molar-refractivity contribution in [1.82, 2.24) is 0 Å². The van der Waals surface area contributed by atoms with Gasteiger partial charge in [0.2, 0.25) is 0 Å². The van der Waals surface area contributed by atoms with Crippen molar-refractivity contribution in [2.75, 3.05) is 13.1 Å². The summed E-state index contributed by atoms with van der Waals surface area (Å²) in [4.78, 5) is 0. The number of hydrogen-bond acceptors (Lipinski definition) is 2. The molecule has 0 aromatic heterocycles. The van der Waals surface area contributed by atoms with E-state index in [0.717, 1.165) is 25.9 Å². The summed E-state index contributed by atoms with van der Waals surface area (Å²) in [5.74, 6) is 0. The average Bonchev–Trinajstić information content (AvgIpc) is 2.01. The Morgan fingerprint density at radius 1 is 1.10 bits per heavy atom. The van der Waals surface area contributed by atoms with E-state index in [2.05, 4.69) is 13.8 Å². The highest BCUT2D eigenvalue weighted by molar-refractivity contribution is 4.78. The SMILES string of the molecule is CCCC(CC)(CN)CN. The molecule has 0 aliphatic heterocycles. The lowest BCUT2D eigenvalue weighted by molar-refractivity contribution is 0.269. The molecule has 2 nitrogen and oxygen atoms in total. The zero-order valence-electron chi connectivity index (χ0n) is 7.19. The van der Waals surface area contributed by atoms with Gasteiger partial charge in [-0.3, -0.25) is 0 Å². The zero-order valence-corrected chi connectivity index (χ0v) is 7.19. The van der Waals surface area contributed by atoms with Gasteiger partial charge < -0.3 is 11.5 Å². The van der Waals surface area contributed by atoms with Crippen molar-refractivity contribution < 1.29 is 0 Å². The molecule has 0 amide bonds. The maximum atomic E-state index is 5.63. The van der Waals surface area contributed by atoms with Crippen LogP contribution in [0.1, 0.15) is 33.1 Å². The quantitative estimate of drug-likeness (QED) is 0.607. The molecule has 0 bridgehead atoms. The fourth-order valence-electron chi connectivity index (χ4n) is 1.28. The molecule has 0 saturated heterocycles. The molecule has 0 radical (unpaired) electrons. The first kappa shape index (κ1) is 9.92. The van der Waals surface area contributed by atoms with Crippen molar-refractivity contribution in [2.45, 2.75) is 33.1 Å². The monoisotopic (exact) mass is 144 g/mol. The first-order valence-corrected chi connectivity index (χ1v) is 4.14. The first-order valence-electron chi connectivity index (χ1n) is 4.14. The van der Waals surface area contributed by atoms with Crippen LogP contribution in [-0.4, -0.2) is 13.1 Å². The van der Waals surface area contributed by atoms with E-state index in [9.17, 15) is 0 Å². The second kappa shape index (κ2) is 4.69. The Morgan fingerprint density at radius 2 is 1.60 bits per heavy atom. The summed E-state index contributed by atoms with van der Waals surface area (Å²) in [7, 11) is 0. The van der Waals surface area contributed by atoms with E-state index in [0.29, 0.717) is 0 Å². The predicted molar refractivity (Wildman–Crippen MR) is 45.7 cm³/mol. The molecule has 0 aliphatic carbocycles. The Bertz CT molecular complexity index is 69.1. The van der Waals surface area contributed by atoms with Crippen molar-refractivity contribution in [3.8, 4) is 0 Å². The van der Waals surface area contributed by atoms with Gasteiger partial charge in [-0.25, -0.2) is 0 Å². The molecule has 10 heavy (non-hydrogen) atoms. The van der Waals surface area contributed by atoms with Gasteiger partial charge in [0.1, 0.15) is 0 Å². The van der Waals surface area contributed by atoms with Gasteiger partial charge in [-0.15, -0.1) is 0 Å². The smallest absolute Gasteiger partial charge is 0.000855 e. The standard InChI is InChI=1S/C8H20N2/c1-3-5-8(4-2,6-9)7-10/h3-7,9-10H2,1-2H3. The molecule has 0 unspecified atom stereocenters. The van der Waals surface area contributed by atoms with E-state index in [4.69, 9.17) is 11.5 Å². The minimum Gasteiger partial charge on any atom is -0.330 e. The van der Waals surface area contributed by atoms with Gasteiger partial charge in [0.25, 0.3) is 0 Å². The molecular weight excluding hydrogens is 124 g/mol. The van der Waals surface area contributed by atoms with E-state index in [-0.39, 0.29) is 5.41 Å². The van der Waals surface area contributed by atoms with Crippen molar-refractivity contribution in [1.29, 1.82) is 0 Å². The van der Waals surface area contributed by atoms with Gasteiger partial charge in [0.05, 0.1) is 0 Å². The van der Waals surface area contributed by atoms with Crippen LogP contribution in [0.5, 0.6) is 0 Å². The third kappa shape index (κ3) is 2.27. The van der Waals surface area contributed by atoms with Crippen LogP contribution in [0.15, 0.2) is 0 Å². The fourth-order valence-corrected chi connectivity index (χ4v) is 1.28. The van der Waals surface area contributed by atoms with Gasteiger partial charge in [-0.05, 0) is 31.3 Å². The van der Waals surface area contributed by atoms with Crippen LogP contribution in [0.2, 0.25) is 0 Å². The second-order valence-corrected chi connectivity index (χ2v) is 3.01. The number of nitrogens with two attached hydrogens (primary N) is 2. The third-order valence-electron chi connectivity index (χ3n) is 2.40. The highest BCUT2D eigenvalue weighted by atomic mass is 14.7. The highest BCUT2D eigenvalue weighted by Crippen LogP contribution is 2.24. The van der Waals surface area contributed by atoms with E-state index in [1.165, 1.54) is 6.42 Å². The van der Waals surface area contributed by atoms with Gasteiger partial charge >= 0.3 is 0 Å². The Kier molecular flexibility index (Phi) is 4.65. The molecule has 0 aromatic rings. The molecule has 0 heterocycles. The molecule has 0 rings (SSSR count). The summed E-state index contributed by atoms with van der Waals surface area (Å²) >= 11 is 0. The third-order valence-corrected chi connectivity index (χ3v) is 2.40. The van der Waals surface area contributed by atoms with E-state index >= 15 is 0 Å². The van der Waals surface area contributed by atoms with Crippen molar-refractivity contribution in [2.24, 2.45) is 16.9 Å². The van der Waals surface area contributed by atoms with Crippen molar-refractivity contribution in [3.05, 3.63) is 0 Å². The molecule has 4 N–H and O–H groups in total. The van der Waals surface area contributed by atoms with Crippen LogP contribution in [-0.2, 0) is 0 Å². The normalized spacial score (nSPS) is 12.0. The van der Waals surface area contributed by atoms with E-state index in [1.807, 2.05) is 0 Å². The molecule has 0 atom stereocenters. The van der Waals surface area contributed by atoms with Gasteiger partial charge in [0, 0.05) is 0 Å². The Hall–Kier alpha value is -0.0800. The number of hydrogen-bond donors (Lipinski definition) is 2. The second-order valence-electron chi connectivity index (χ2n) is 3.01. The molecule has 0 saturated carbocycles. The topological polar surface area (TPSA) is 52.0 Å². The minimum atomic E-state index is 0.231. The lowest BCUT2D eigenvalue weighted by Crippen LogP contribution is -2.37. The van der Waals surface area contributed by atoms with Crippen LogP contribution in [0, 0.1) is 5.41 Å². The molecule has 0 fully saturated rings.